The van der Waals surface area contributed by atoms with Gasteiger partial charge in [0, 0.05) is 17.3 Å². The third-order valence-electron chi connectivity index (χ3n) is 4.72. The van der Waals surface area contributed by atoms with Gasteiger partial charge in [-0.05, 0) is 42.8 Å². The van der Waals surface area contributed by atoms with Gasteiger partial charge in [0.05, 0.1) is 23.3 Å². The van der Waals surface area contributed by atoms with Crippen molar-refractivity contribution in [1.82, 2.24) is 9.55 Å². The van der Waals surface area contributed by atoms with Crippen molar-refractivity contribution in [3.63, 3.8) is 0 Å². The summed E-state index contributed by atoms with van der Waals surface area (Å²) in [6.07, 6.45) is -1.94. The molecule has 2 aromatic heterocycles. The number of nitrogens with zero attached hydrogens (tertiary/aromatic N) is 2. The van der Waals surface area contributed by atoms with Crippen LogP contribution in [0.1, 0.15) is 12.6 Å². The van der Waals surface area contributed by atoms with E-state index in [1.807, 2.05) is 0 Å². The molecule has 0 spiro atoms. The minimum atomic E-state index is -4.51. The summed E-state index contributed by atoms with van der Waals surface area (Å²) in [4.78, 5) is 16.0. The molecule has 3 aromatic rings. The summed E-state index contributed by atoms with van der Waals surface area (Å²) in [6.45, 7) is 8.37. The number of alkyl halides is 3. The topological polar surface area (TPSA) is 93.2 Å². The van der Waals surface area contributed by atoms with Crippen LogP contribution in [0.15, 0.2) is 72.2 Å². The summed E-state index contributed by atoms with van der Waals surface area (Å²) in [5, 5.41) is 12.2. The maximum Gasteiger partial charge on any atom is 0.412 e. The maximum absolute atomic E-state index is 13.3. The number of aromatic hydroxyl groups is 1. The summed E-state index contributed by atoms with van der Waals surface area (Å²) in [6, 6.07) is 9.17. The highest BCUT2D eigenvalue weighted by Crippen LogP contribution is 2.31. The Morgan fingerprint density at radius 1 is 1.28 bits per heavy atom. The summed E-state index contributed by atoms with van der Waals surface area (Å²) in [5.74, 6) is -0.328. The smallest absolute Gasteiger partial charge is 0.412 e. The molecule has 0 radical (unpaired) electrons. The average Bonchev–Trinajstić information content (AvgIpc) is 2.73. The van der Waals surface area contributed by atoms with E-state index in [1.165, 1.54) is 29.8 Å². The molecule has 166 valence electrons. The Bertz CT molecular complexity index is 1250. The van der Waals surface area contributed by atoms with E-state index in [9.17, 15) is 23.1 Å². The van der Waals surface area contributed by atoms with Crippen LogP contribution in [0.25, 0.3) is 23.0 Å². The van der Waals surface area contributed by atoms with E-state index in [4.69, 9.17) is 5.73 Å². The highest BCUT2D eigenvalue weighted by molar-refractivity contribution is 5.70. The van der Waals surface area contributed by atoms with Crippen LogP contribution in [0.5, 0.6) is 5.75 Å². The lowest BCUT2D eigenvalue weighted by molar-refractivity contribution is -0.134. The molecule has 3 rings (SSSR count). The van der Waals surface area contributed by atoms with Gasteiger partial charge in [-0.15, -0.1) is 0 Å². The molecule has 6 nitrogen and oxygen atoms in total. The first-order valence-electron chi connectivity index (χ1n) is 9.45. The largest absolute Gasteiger partial charge is 0.503 e. The van der Waals surface area contributed by atoms with Gasteiger partial charge in [-0.2, -0.15) is 13.2 Å². The Kier molecular flexibility index (Phi) is 6.11. The van der Waals surface area contributed by atoms with Crippen molar-refractivity contribution in [3.05, 3.63) is 83.3 Å². The Labute approximate surface area is 182 Å². The maximum atomic E-state index is 13.3. The zero-order chi connectivity index (χ0) is 23.6. The van der Waals surface area contributed by atoms with Gasteiger partial charge in [-0.3, -0.25) is 9.36 Å². The fourth-order valence-electron chi connectivity index (χ4n) is 3.13. The van der Waals surface area contributed by atoms with Crippen molar-refractivity contribution in [1.29, 1.82) is 0 Å². The second-order valence-electron chi connectivity index (χ2n) is 7.17. The fourth-order valence-corrected chi connectivity index (χ4v) is 3.13. The third kappa shape index (κ3) is 4.66. The van der Waals surface area contributed by atoms with Gasteiger partial charge in [0.1, 0.15) is 11.9 Å². The minimum Gasteiger partial charge on any atom is -0.503 e. The molecule has 2 heterocycles. The predicted octanol–water partition coefficient (Wildman–Crippen LogP) is 4.75. The number of nitrogen functional groups attached to an aromatic ring is 1. The SMILES string of the molecule is C=Cc1nc(-c2cccc(-n3cc(O)c(=O)cc3N)c2)ccc1NC(C(=C)C)C(F)(F)F. The first-order valence-corrected chi connectivity index (χ1v) is 9.45. The van der Waals surface area contributed by atoms with Gasteiger partial charge in [-0.1, -0.05) is 25.3 Å². The standard InChI is InChI=1S/C23H21F3N4O2/c1-4-16-18(29-22(13(2)3)23(24,25)26)9-8-17(28-16)14-6-5-7-15(10-14)30-12-20(32)19(31)11-21(30)27/h4-12,22,29,32H,1-2,27H2,3H3. The molecule has 32 heavy (non-hydrogen) atoms. The molecule has 9 heteroatoms. The Morgan fingerprint density at radius 2 is 2.00 bits per heavy atom. The average molecular weight is 442 g/mol. The molecule has 0 saturated heterocycles. The number of benzene rings is 1. The van der Waals surface area contributed by atoms with Gasteiger partial charge in [0.25, 0.3) is 0 Å². The van der Waals surface area contributed by atoms with Gasteiger partial charge >= 0.3 is 6.18 Å². The zero-order valence-electron chi connectivity index (χ0n) is 17.1. The molecule has 1 unspecified atom stereocenters. The molecule has 0 aliphatic heterocycles. The molecular weight excluding hydrogens is 421 g/mol. The summed E-state index contributed by atoms with van der Waals surface area (Å²) in [5.41, 5.74) is 7.31. The number of pyridine rings is 2. The second kappa shape index (κ2) is 8.62. The lowest BCUT2D eigenvalue weighted by Gasteiger charge is -2.23. The van der Waals surface area contributed by atoms with Crippen molar-refractivity contribution in [2.45, 2.75) is 19.1 Å². The molecule has 4 N–H and O–H groups in total. The monoisotopic (exact) mass is 442 g/mol. The lowest BCUT2D eigenvalue weighted by atomic mass is 10.1. The molecule has 0 fully saturated rings. The summed E-state index contributed by atoms with van der Waals surface area (Å²) in [7, 11) is 0. The van der Waals surface area contributed by atoms with Crippen LogP contribution in [0.4, 0.5) is 24.7 Å². The molecular formula is C23H21F3N4O2. The number of halogens is 3. The third-order valence-corrected chi connectivity index (χ3v) is 4.72. The van der Waals surface area contributed by atoms with E-state index in [0.717, 1.165) is 6.07 Å². The van der Waals surface area contributed by atoms with Crippen LogP contribution < -0.4 is 16.5 Å². The Hall–Kier alpha value is -4.01. The zero-order valence-corrected chi connectivity index (χ0v) is 17.1. The van der Waals surface area contributed by atoms with Gasteiger partial charge in [0.15, 0.2) is 5.75 Å². The number of rotatable bonds is 6. The number of hydrogen-bond acceptors (Lipinski definition) is 5. The predicted molar refractivity (Wildman–Crippen MR) is 120 cm³/mol. The van der Waals surface area contributed by atoms with Crippen LogP contribution in [0, 0.1) is 0 Å². The number of aromatic nitrogens is 2. The number of nitrogens with two attached hydrogens (primary N) is 1. The van der Waals surface area contributed by atoms with Crippen molar-refractivity contribution < 1.29 is 18.3 Å². The van der Waals surface area contributed by atoms with Crippen LogP contribution in [0.2, 0.25) is 0 Å². The Morgan fingerprint density at radius 3 is 2.62 bits per heavy atom. The number of nitrogens with one attached hydrogen (secondary N) is 1. The summed E-state index contributed by atoms with van der Waals surface area (Å²) < 4.78 is 41.4. The Balaban J connectivity index is 2.01. The normalized spacial score (nSPS) is 12.2. The summed E-state index contributed by atoms with van der Waals surface area (Å²) >= 11 is 0. The highest BCUT2D eigenvalue weighted by atomic mass is 19.4. The fraction of sp³-hybridized carbons (Fsp3) is 0.130. The second-order valence-corrected chi connectivity index (χ2v) is 7.17. The van der Waals surface area contributed by atoms with E-state index in [1.54, 1.807) is 30.3 Å². The van der Waals surface area contributed by atoms with Crippen LogP contribution in [-0.2, 0) is 0 Å². The van der Waals surface area contributed by atoms with Crippen molar-refractivity contribution in [2.24, 2.45) is 0 Å². The number of anilines is 2. The quantitative estimate of drug-likeness (QED) is 0.479. The van der Waals surface area contributed by atoms with E-state index in [-0.39, 0.29) is 22.8 Å². The van der Waals surface area contributed by atoms with Crippen molar-refractivity contribution >= 4 is 17.6 Å². The van der Waals surface area contributed by atoms with Gasteiger partial charge in [-0.25, -0.2) is 4.98 Å². The molecule has 0 aliphatic rings. The number of hydrogen-bond donors (Lipinski definition) is 3. The van der Waals surface area contributed by atoms with Crippen molar-refractivity contribution in [2.75, 3.05) is 11.1 Å². The lowest BCUT2D eigenvalue weighted by Crippen LogP contribution is -2.37. The molecule has 0 bridgehead atoms. The van der Waals surface area contributed by atoms with E-state index < -0.39 is 23.4 Å². The van der Waals surface area contributed by atoms with Crippen molar-refractivity contribution in [3.8, 4) is 22.7 Å². The molecule has 0 amide bonds. The van der Waals surface area contributed by atoms with Crippen LogP contribution in [-0.4, -0.2) is 26.9 Å². The first kappa shape index (κ1) is 22.7. The molecule has 0 aliphatic carbocycles. The van der Waals surface area contributed by atoms with E-state index in [2.05, 4.69) is 23.5 Å². The van der Waals surface area contributed by atoms with Gasteiger partial charge < -0.3 is 16.2 Å². The minimum absolute atomic E-state index is 0.0775. The van der Waals surface area contributed by atoms with Crippen LogP contribution in [0.3, 0.4) is 0 Å². The molecule has 0 saturated carbocycles. The van der Waals surface area contributed by atoms with Gasteiger partial charge in [0.2, 0.25) is 5.43 Å². The van der Waals surface area contributed by atoms with E-state index in [0.29, 0.717) is 16.9 Å². The van der Waals surface area contributed by atoms with Crippen LogP contribution >= 0.6 is 0 Å². The molecule has 1 atom stereocenters. The van der Waals surface area contributed by atoms with E-state index >= 15 is 0 Å². The molecule has 1 aromatic carbocycles. The first-order chi connectivity index (χ1) is 15.0. The highest BCUT2D eigenvalue weighted by Gasteiger charge is 2.40.